The second-order valence-corrected chi connectivity index (χ2v) is 5.98. The third-order valence-electron chi connectivity index (χ3n) is 4.20. The van der Waals surface area contributed by atoms with E-state index in [9.17, 15) is 0 Å². The molecule has 0 unspecified atom stereocenters. The van der Waals surface area contributed by atoms with Crippen LogP contribution in [0.3, 0.4) is 0 Å². The molecule has 0 bridgehead atoms. The molecular weight excluding hydrogens is 354 g/mol. The lowest BCUT2D eigenvalue weighted by atomic mass is 10.0. The SMILES string of the molecule is c1ccc(-c2nnc(-c3cncc(-c4ccccc4-c4cnco4)n3)o2)cc1. The lowest BCUT2D eigenvalue weighted by Crippen LogP contribution is -1.92. The van der Waals surface area contributed by atoms with E-state index in [0.29, 0.717) is 28.9 Å². The highest BCUT2D eigenvalue weighted by Gasteiger charge is 2.15. The van der Waals surface area contributed by atoms with Gasteiger partial charge in [0.25, 0.3) is 5.89 Å². The molecule has 0 N–H and O–H groups in total. The standard InChI is InChI=1S/C21H13N5O2/c1-2-6-14(7-3-1)20-25-26-21(28-20)18-11-22-10-17(24-18)15-8-4-5-9-16(15)19-12-23-13-27-19/h1-13H. The zero-order chi connectivity index (χ0) is 18.8. The quantitative estimate of drug-likeness (QED) is 0.461. The number of aromatic nitrogens is 5. The molecule has 3 heterocycles. The second-order valence-electron chi connectivity index (χ2n) is 5.98. The Kier molecular flexibility index (Phi) is 3.95. The van der Waals surface area contributed by atoms with Gasteiger partial charge >= 0.3 is 0 Å². The molecule has 0 aliphatic heterocycles. The fourth-order valence-corrected chi connectivity index (χ4v) is 2.89. The molecule has 0 fully saturated rings. The topological polar surface area (TPSA) is 90.7 Å². The Labute approximate surface area is 159 Å². The van der Waals surface area contributed by atoms with Gasteiger partial charge in [-0.25, -0.2) is 9.97 Å². The minimum Gasteiger partial charge on any atom is -0.443 e. The first-order valence-electron chi connectivity index (χ1n) is 8.58. The minimum absolute atomic E-state index is 0.311. The van der Waals surface area contributed by atoms with E-state index in [1.807, 2.05) is 54.6 Å². The van der Waals surface area contributed by atoms with Crippen LogP contribution in [-0.4, -0.2) is 25.1 Å². The van der Waals surface area contributed by atoms with Crippen LogP contribution in [0.25, 0.3) is 45.6 Å². The van der Waals surface area contributed by atoms with Crippen LogP contribution in [0.5, 0.6) is 0 Å². The molecule has 0 aliphatic rings. The molecule has 0 radical (unpaired) electrons. The molecule has 5 aromatic rings. The largest absolute Gasteiger partial charge is 0.443 e. The Bertz CT molecular complexity index is 1220. The van der Waals surface area contributed by atoms with E-state index < -0.39 is 0 Å². The van der Waals surface area contributed by atoms with E-state index in [0.717, 1.165) is 16.7 Å². The van der Waals surface area contributed by atoms with Gasteiger partial charge in [-0.3, -0.25) is 4.98 Å². The van der Waals surface area contributed by atoms with Gasteiger partial charge in [0.05, 0.1) is 24.3 Å². The molecule has 2 aromatic carbocycles. The summed E-state index contributed by atoms with van der Waals surface area (Å²) in [4.78, 5) is 13.0. The molecule has 28 heavy (non-hydrogen) atoms. The Morgan fingerprint density at radius 2 is 1.39 bits per heavy atom. The average Bonchev–Trinajstić information content (AvgIpc) is 3.47. The molecule has 0 saturated carbocycles. The van der Waals surface area contributed by atoms with Crippen molar-refractivity contribution in [3.8, 4) is 45.6 Å². The predicted molar refractivity (Wildman–Crippen MR) is 102 cm³/mol. The third-order valence-corrected chi connectivity index (χ3v) is 4.20. The zero-order valence-corrected chi connectivity index (χ0v) is 14.6. The van der Waals surface area contributed by atoms with Gasteiger partial charge in [0, 0.05) is 16.7 Å². The maximum atomic E-state index is 5.80. The van der Waals surface area contributed by atoms with Crippen LogP contribution >= 0.6 is 0 Å². The lowest BCUT2D eigenvalue weighted by molar-refractivity contribution is 0.572. The molecule has 7 nitrogen and oxygen atoms in total. The summed E-state index contributed by atoms with van der Waals surface area (Å²) in [5.41, 5.74) is 3.77. The maximum Gasteiger partial charge on any atom is 0.268 e. The van der Waals surface area contributed by atoms with Crippen molar-refractivity contribution in [2.45, 2.75) is 0 Å². The van der Waals surface area contributed by atoms with Crippen LogP contribution < -0.4 is 0 Å². The van der Waals surface area contributed by atoms with Gasteiger partial charge in [0.2, 0.25) is 5.89 Å². The highest BCUT2D eigenvalue weighted by Crippen LogP contribution is 2.31. The van der Waals surface area contributed by atoms with Crippen LogP contribution in [-0.2, 0) is 0 Å². The smallest absolute Gasteiger partial charge is 0.268 e. The van der Waals surface area contributed by atoms with Crippen LogP contribution in [0, 0.1) is 0 Å². The van der Waals surface area contributed by atoms with Gasteiger partial charge in [0.1, 0.15) is 5.69 Å². The number of nitrogens with zero attached hydrogens (tertiary/aromatic N) is 5. The van der Waals surface area contributed by atoms with Gasteiger partial charge in [-0.05, 0) is 12.1 Å². The van der Waals surface area contributed by atoms with E-state index in [-0.39, 0.29) is 0 Å². The summed E-state index contributed by atoms with van der Waals surface area (Å²) < 4.78 is 11.2. The molecule has 0 aliphatic carbocycles. The maximum absolute atomic E-state index is 5.80. The predicted octanol–water partition coefficient (Wildman–Crippen LogP) is 4.52. The first-order chi connectivity index (χ1) is 13.9. The molecule has 0 amide bonds. The number of hydrogen-bond acceptors (Lipinski definition) is 7. The van der Waals surface area contributed by atoms with Crippen molar-refractivity contribution in [3.05, 3.63) is 79.6 Å². The molecule has 7 heteroatoms. The van der Waals surface area contributed by atoms with Crippen molar-refractivity contribution in [2.75, 3.05) is 0 Å². The molecule has 0 atom stereocenters. The second kappa shape index (κ2) is 6.88. The Morgan fingerprint density at radius 3 is 2.21 bits per heavy atom. The van der Waals surface area contributed by atoms with Crippen LogP contribution in [0.2, 0.25) is 0 Å². The summed E-state index contributed by atoms with van der Waals surface area (Å²) >= 11 is 0. The highest BCUT2D eigenvalue weighted by atomic mass is 16.4. The summed E-state index contributed by atoms with van der Waals surface area (Å²) in [6.45, 7) is 0. The summed E-state index contributed by atoms with van der Waals surface area (Å²) in [6, 6.07) is 17.4. The highest BCUT2D eigenvalue weighted by molar-refractivity contribution is 5.79. The molecular formula is C21H13N5O2. The van der Waals surface area contributed by atoms with Crippen LogP contribution in [0.4, 0.5) is 0 Å². The van der Waals surface area contributed by atoms with E-state index in [1.54, 1.807) is 18.6 Å². The van der Waals surface area contributed by atoms with Crippen molar-refractivity contribution in [3.63, 3.8) is 0 Å². The molecule has 3 aromatic heterocycles. The van der Waals surface area contributed by atoms with Crippen molar-refractivity contribution >= 4 is 0 Å². The van der Waals surface area contributed by atoms with Crippen molar-refractivity contribution in [2.24, 2.45) is 0 Å². The Hall–Kier alpha value is -4.13. The van der Waals surface area contributed by atoms with Crippen molar-refractivity contribution in [1.29, 1.82) is 0 Å². The van der Waals surface area contributed by atoms with Crippen LogP contribution in [0.15, 0.2) is 88.4 Å². The van der Waals surface area contributed by atoms with Crippen LogP contribution in [0.1, 0.15) is 0 Å². The van der Waals surface area contributed by atoms with Crippen molar-refractivity contribution in [1.82, 2.24) is 25.1 Å². The van der Waals surface area contributed by atoms with E-state index >= 15 is 0 Å². The fraction of sp³-hybridized carbons (Fsp3) is 0. The van der Waals surface area contributed by atoms with Gasteiger partial charge in [0.15, 0.2) is 12.2 Å². The summed E-state index contributed by atoms with van der Waals surface area (Å²) in [6.07, 6.45) is 6.36. The number of rotatable bonds is 4. The Balaban J connectivity index is 1.55. The number of benzene rings is 2. The van der Waals surface area contributed by atoms with Gasteiger partial charge in [-0.2, -0.15) is 0 Å². The molecule has 0 saturated heterocycles. The van der Waals surface area contributed by atoms with Crippen molar-refractivity contribution < 1.29 is 8.83 Å². The van der Waals surface area contributed by atoms with Gasteiger partial charge in [-0.15, -0.1) is 10.2 Å². The first kappa shape index (κ1) is 16.1. The number of oxazole rings is 1. The van der Waals surface area contributed by atoms with E-state index in [1.165, 1.54) is 6.39 Å². The average molecular weight is 367 g/mol. The summed E-state index contributed by atoms with van der Waals surface area (Å²) in [5.74, 6) is 1.40. The third kappa shape index (κ3) is 2.95. The molecule has 134 valence electrons. The summed E-state index contributed by atoms with van der Waals surface area (Å²) in [7, 11) is 0. The van der Waals surface area contributed by atoms with E-state index in [4.69, 9.17) is 8.83 Å². The lowest BCUT2D eigenvalue weighted by Gasteiger charge is -2.06. The van der Waals surface area contributed by atoms with Gasteiger partial charge in [-0.1, -0.05) is 42.5 Å². The molecule has 0 spiro atoms. The fourth-order valence-electron chi connectivity index (χ4n) is 2.89. The monoisotopic (exact) mass is 367 g/mol. The molecule has 5 rings (SSSR count). The minimum atomic E-state index is 0.311. The zero-order valence-electron chi connectivity index (χ0n) is 14.6. The van der Waals surface area contributed by atoms with Gasteiger partial charge < -0.3 is 8.83 Å². The Morgan fingerprint density at radius 1 is 0.643 bits per heavy atom. The normalized spacial score (nSPS) is 10.9. The van der Waals surface area contributed by atoms with E-state index in [2.05, 4.69) is 25.1 Å². The number of hydrogen-bond donors (Lipinski definition) is 0. The first-order valence-corrected chi connectivity index (χ1v) is 8.58. The summed E-state index contributed by atoms with van der Waals surface area (Å²) in [5, 5.41) is 8.24.